The van der Waals surface area contributed by atoms with Crippen LogP contribution < -0.4 is 10.5 Å². The fourth-order valence-corrected chi connectivity index (χ4v) is 2.23. The third-order valence-corrected chi connectivity index (χ3v) is 3.06. The van der Waals surface area contributed by atoms with E-state index >= 15 is 0 Å². The summed E-state index contributed by atoms with van der Waals surface area (Å²) in [5, 5.41) is 4.11. The predicted molar refractivity (Wildman–Crippen MR) is 61.8 cm³/mol. The van der Waals surface area contributed by atoms with Crippen LogP contribution in [0.2, 0.25) is 0 Å². The van der Waals surface area contributed by atoms with Gasteiger partial charge in [0.15, 0.2) is 0 Å². The van der Waals surface area contributed by atoms with Gasteiger partial charge in [-0.05, 0) is 26.2 Å². The van der Waals surface area contributed by atoms with Crippen LogP contribution in [0.5, 0.6) is 5.88 Å². The number of aromatic nitrogens is 4. The minimum atomic E-state index is 0.180. The fraction of sp³-hybridized carbons (Fsp3) is 0.545. The highest BCUT2D eigenvalue weighted by Crippen LogP contribution is 2.23. The molecule has 0 spiro atoms. The molecule has 1 aliphatic carbocycles. The van der Waals surface area contributed by atoms with Crippen molar-refractivity contribution < 1.29 is 4.74 Å². The fourth-order valence-electron chi connectivity index (χ4n) is 2.23. The van der Waals surface area contributed by atoms with E-state index in [1.165, 1.54) is 6.33 Å². The number of nitrogens with two attached hydrogens (primary N) is 1. The lowest BCUT2D eigenvalue weighted by Crippen LogP contribution is -2.20. The summed E-state index contributed by atoms with van der Waals surface area (Å²) in [6.45, 7) is 1.92. The molecule has 1 saturated carbocycles. The Bertz CT molecular complexity index is 538. The van der Waals surface area contributed by atoms with E-state index in [1.807, 2.05) is 13.0 Å². The van der Waals surface area contributed by atoms with Crippen LogP contribution in [-0.4, -0.2) is 31.7 Å². The largest absolute Gasteiger partial charge is 0.474 e. The standard InChI is InChI=1S/C11H15N5O/c1-7-4-10(16-11(15-7)13-6-14-16)17-9-3-2-8(12)5-9/h4,6,8-9H,2-3,5,12H2,1H3. The van der Waals surface area contributed by atoms with Gasteiger partial charge in [0.2, 0.25) is 5.88 Å². The third kappa shape index (κ3) is 1.95. The molecule has 2 atom stereocenters. The molecule has 90 valence electrons. The summed E-state index contributed by atoms with van der Waals surface area (Å²) >= 11 is 0. The normalized spacial score (nSPS) is 24.4. The average Bonchev–Trinajstić information content (AvgIpc) is 2.87. The summed E-state index contributed by atoms with van der Waals surface area (Å²) in [6, 6.07) is 2.14. The van der Waals surface area contributed by atoms with Gasteiger partial charge < -0.3 is 10.5 Å². The van der Waals surface area contributed by atoms with E-state index in [9.17, 15) is 0 Å². The zero-order valence-corrected chi connectivity index (χ0v) is 9.71. The first kappa shape index (κ1) is 10.5. The van der Waals surface area contributed by atoms with Crippen LogP contribution in [0.3, 0.4) is 0 Å². The van der Waals surface area contributed by atoms with Crippen LogP contribution in [0.25, 0.3) is 5.78 Å². The Balaban J connectivity index is 1.91. The highest BCUT2D eigenvalue weighted by molar-refractivity contribution is 5.32. The van der Waals surface area contributed by atoms with Crippen LogP contribution >= 0.6 is 0 Å². The van der Waals surface area contributed by atoms with Crippen LogP contribution in [-0.2, 0) is 0 Å². The molecule has 2 N–H and O–H groups in total. The Kier molecular flexibility index (Phi) is 2.44. The number of nitrogens with zero attached hydrogens (tertiary/aromatic N) is 4. The predicted octanol–water partition coefficient (Wildman–Crippen LogP) is 0.691. The lowest BCUT2D eigenvalue weighted by Gasteiger charge is -2.14. The molecule has 1 aliphatic rings. The molecular formula is C11H15N5O. The first-order valence-corrected chi connectivity index (χ1v) is 5.82. The van der Waals surface area contributed by atoms with Gasteiger partial charge in [-0.15, -0.1) is 0 Å². The molecule has 17 heavy (non-hydrogen) atoms. The summed E-state index contributed by atoms with van der Waals surface area (Å²) in [4.78, 5) is 8.34. The van der Waals surface area contributed by atoms with E-state index in [4.69, 9.17) is 10.5 Å². The molecule has 0 aliphatic heterocycles. The summed E-state index contributed by atoms with van der Waals surface area (Å²) < 4.78 is 7.56. The van der Waals surface area contributed by atoms with Gasteiger partial charge in [-0.3, -0.25) is 0 Å². The van der Waals surface area contributed by atoms with E-state index < -0.39 is 0 Å². The van der Waals surface area contributed by atoms with Crippen LogP contribution in [0, 0.1) is 6.92 Å². The van der Waals surface area contributed by atoms with Crippen molar-refractivity contribution in [1.29, 1.82) is 0 Å². The SMILES string of the molecule is Cc1cc(OC2CCC(N)C2)n2ncnc2n1. The average molecular weight is 233 g/mol. The van der Waals surface area contributed by atoms with Gasteiger partial charge in [0, 0.05) is 17.8 Å². The van der Waals surface area contributed by atoms with Gasteiger partial charge in [0.25, 0.3) is 5.78 Å². The van der Waals surface area contributed by atoms with Crippen molar-refractivity contribution in [3.63, 3.8) is 0 Å². The van der Waals surface area contributed by atoms with Gasteiger partial charge in [-0.25, -0.2) is 4.98 Å². The highest BCUT2D eigenvalue weighted by atomic mass is 16.5. The zero-order valence-electron chi connectivity index (χ0n) is 9.71. The number of hydrogen-bond donors (Lipinski definition) is 1. The molecule has 6 nitrogen and oxygen atoms in total. The van der Waals surface area contributed by atoms with Crippen molar-refractivity contribution in [3.05, 3.63) is 18.1 Å². The molecule has 0 saturated heterocycles. The van der Waals surface area contributed by atoms with Crippen molar-refractivity contribution in [2.45, 2.75) is 38.3 Å². The highest BCUT2D eigenvalue weighted by Gasteiger charge is 2.24. The van der Waals surface area contributed by atoms with Gasteiger partial charge in [0.05, 0.1) is 0 Å². The molecule has 0 radical (unpaired) electrons. The molecule has 0 bridgehead atoms. The lowest BCUT2D eigenvalue weighted by molar-refractivity contribution is 0.194. The second-order valence-corrected chi connectivity index (χ2v) is 4.52. The van der Waals surface area contributed by atoms with Gasteiger partial charge in [-0.1, -0.05) is 0 Å². The van der Waals surface area contributed by atoms with Crippen molar-refractivity contribution in [2.24, 2.45) is 5.73 Å². The Morgan fingerprint density at radius 1 is 1.47 bits per heavy atom. The molecule has 2 aromatic rings. The van der Waals surface area contributed by atoms with E-state index in [-0.39, 0.29) is 12.1 Å². The molecule has 0 amide bonds. The quantitative estimate of drug-likeness (QED) is 0.825. The Hall–Kier alpha value is -1.69. The van der Waals surface area contributed by atoms with Gasteiger partial charge in [0.1, 0.15) is 12.4 Å². The summed E-state index contributed by atoms with van der Waals surface area (Å²) in [6.07, 6.45) is 4.58. The monoisotopic (exact) mass is 233 g/mol. The first-order valence-electron chi connectivity index (χ1n) is 5.82. The number of fused-ring (bicyclic) bond motifs is 1. The number of aryl methyl sites for hydroxylation is 1. The molecule has 3 rings (SSSR count). The molecule has 2 aromatic heterocycles. The third-order valence-electron chi connectivity index (χ3n) is 3.06. The maximum absolute atomic E-state index is 5.94. The number of rotatable bonds is 2. The smallest absolute Gasteiger partial charge is 0.255 e. The second-order valence-electron chi connectivity index (χ2n) is 4.52. The van der Waals surface area contributed by atoms with Crippen LogP contribution in [0.15, 0.2) is 12.4 Å². The lowest BCUT2D eigenvalue weighted by atomic mass is 10.3. The van der Waals surface area contributed by atoms with Gasteiger partial charge >= 0.3 is 0 Å². The van der Waals surface area contributed by atoms with Crippen LogP contribution in [0.4, 0.5) is 0 Å². The number of hydrogen-bond acceptors (Lipinski definition) is 5. The van der Waals surface area contributed by atoms with E-state index in [1.54, 1.807) is 4.52 Å². The van der Waals surface area contributed by atoms with Crippen molar-refractivity contribution in [2.75, 3.05) is 0 Å². The summed E-state index contributed by atoms with van der Waals surface area (Å²) in [5.41, 5.74) is 6.75. The zero-order chi connectivity index (χ0) is 11.8. The topological polar surface area (TPSA) is 78.3 Å². The molecular weight excluding hydrogens is 218 g/mol. The molecule has 0 aromatic carbocycles. The summed E-state index contributed by atoms with van der Waals surface area (Å²) in [5.74, 6) is 1.27. The van der Waals surface area contributed by atoms with Crippen LogP contribution in [0.1, 0.15) is 25.0 Å². The van der Waals surface area contributed by atoms with Crippen molar-refractivity contribution in [1.82, 2.24) is 19.6 Å². The molecule has 1 fully saturated rings. The maximum atomic E-state index is 5.94. The van der Waals surface area contributed by atoms with Crippen molar-refractivity contribution in [3.8, 4) is 5.88 Å². The van der Waals surface area contributed by atoms with E-state index in [0.717, 1.165) is 25.0 Å². The Morgan fingerprint density at radius 2 is 2.35 bits per heavy atom. The van der Waals surface area contributed by atoms with Crippen molar-refractivity contribution >= 4 is 5.78 Å². The van der Waals surface area contributed by atoms with E-state index in [2.05, 4.69) is 15.1 Å². The maximum Gasteiger partial charge on any atom is 0.255 e. The first-order chi connectivity index (χ1) is 8.22. The Labute approximate surface area is 98.8 Å². The second kappa shape index (κ2) is 3.96. The molecule has 2 heterocycles. The minimum Gasteiger partial charge on any atom is -0.474 e. The molecule has 6 heteroatoms. The minimum absolute atomic E-state index is 0.180. The molecule has 2 unspecified atom stereocenters. The summed E-state index contributed by atoms with van der Waals surface area (Å²) in [7, 11) is 0. The van der Waals surface area contributed by atoms with Gasteiger partial charge in [-0.2, -0.15) is 14.6 Å². The Morgan fingerprint density at radius 3 is 3.12 bits per heavy atom. The van der Waals surface area contributed by atoms with E-state index in [0.29, 0.717) is 11.7 Å². The number of ether oxygens (including phenoxy) is 1.